The first-order valence-corrected chi connectivity index (χ1v) is 10.5. The average Bonchev–Trinajstić information content (AvgIpc) is 3.32. The van der Waals surface area contributed by atoms with Crippen LogP contribution in [-0.2, 0) is 4.79 Å². The van der Waals surface area contributed by atoms with Crippen molar-refractivity contribution in [3.8, 4) is 11.8 Å². The molecule has 30 heavy (non-hydrogen) atoms. The van der Waals surface area contributed by atoms with Gasteiger partial charge in [-0.25, -0.2) is 4.98 Å². The molecule has 0 N–H and O–H groups in total. The number of carbonyl (C=O) groups is 1. The molecule has 0 fully saturated rings. The summed E-state index contributed by atoms with van der Waals surface area (Å²) in [5.74, 6) is 0.439. The van der Waals surface area contributed by atoms with Crippen LogP contribution in [0.1, 0.15) is 0 Å². The Morgan fingerprint density at radius 3 is 2.47 bits per heavy atom. The SMILES string of the molecule is CN1C(=C(C#N)C(=O)CSc2nccn2-c2cccc(Cl)c2)N(C)c2ccccc21. The lowest BCUT2D eigenvalue weighted by atomic mass is 10.2. The molecule has 150 valence electrons. The van der Waals surface area contributed by atoms with Gasteiger partial charge in [-0.15, -0.1) is 0 Å². The number of anilines is 2. The molecule has 8 heteroatoms. The predicted octanol–water partition coefficient (Wildman–Crippen LogP) is 4.51. The molecule has 1 aromatic heterocycles. The van der Waals surface area contributed by atoms with E-state index in [4.69, 9.17) is 11.6 Å². The van der Waals surface area contributed by atoms with Crippen molar-refractivity contribution in [3.63, 3.8) is 0 Å². The quantitative estimate of drug-likeness (QED) is 0.334. The van der Waals surface area contributed by atoms with Gasteiger partial charge < -0.3 is 9.80 Å². The van der Waals surface area contributed by atoms with E-state index >= 15 is 0 Å². The third-order valence-electron chi connectivity index (χ3n) is 4.88. The summed E-state index contributed by atoms with van der Waals surface area (Å²) in [5, 5.41) is 11.0. The minimum absolute atomic E-state index is 0.0992. The number of hydrogen-bond acceptors (Lipinski definition) is 6. The van der Waals surface area contributed by atoms with Crippen LogP contribution in [0.15, 0.2) is 77.5 Å². The molecule has 2 aromatic carbocycles. The summed E-state index contributed by atoms with van der Waals surface area (Å²) in [6, 6.07) is 17.3. The monoisotopic (exact) mass is 435 g/mol. The largest absolute Gasteiger partial charge is 0.328 e. The fourth-order valence-corrected chi connectivity index (χ4v) is 4.51. The Morgan fingerprint density at radius 2 is 1.83 bits per heavy atom. The third-order valence-corrected chi connectivity index (χ3v) is 6.08. The number of nitriles is 1. The maximum atomic E-state index is 13.0. The number of halogens is 1. The zero-order chi connectivity index (χ0) is 21.3. The molecule has 6 nitrogen and oxygen atoms in total. The Balaban J connectivity index is 1.57. The zero-order valence-electron chi connectivity index (χ0n) is 16.4. The molecule has 0 atom stereocenters. The second-order valence-corrected chi connectivity index (χ2v) is 8.07. The van der Waals surface area contributed by atoms with Crippen molar-refractivity contribution in [2.45, 2.75) is 5.16 Å². The molecule has 0 unspecified atom stereocenters. The van der Waals surface area contributed by atoms with Gasteiger partial charge in [0.25, 0.3) is 0 Å². The van der Waals surface area contributed by atoms with E-state index in [1.165, 1.54) is 11.8 Å². The second kappa shape index (κ2) is 8.27. The Labute approximate surface area is 184 Å². The van der Waals surface area contributed by atoms with Gasteiger partial charge in [0.2, 0.25) is 0 Å². The van der Waals surface area contributed by atoms with Gasteiger partial charge in [0.05, 0.1) is 17.1 Å². The van der Waals surface area contributed by atoms with Gasteiger partial charge in [0.15, 0.2) is 10.9 Å². The van der Waals surface area contributed by atoms with E-state index in [2.05, 4.69) is 11.1 Å². The van der Waals surface area contributed by atoms with Crippen molar-refractivity contribution in [2.24, 2.45) is 0 Å². The van der Waals surface area contributed by atoms with E-state index in [0.29, 0.717) is 16.0 Å². The molecule has 3 aromatic rings. The van der Waals surface area contributed by atoms with Crippen molar-refractivity contribution in [2.75, 3.05) is 29.6 Å². The first-order valence-electron chi connectivity index (χ1n) is 9.17. The van der Waals surface area contributed by atoms with Crippen molar-refractivity contribution in [1.29, 1.82) is 5.26 Å². The number of carbonyl (C=O) groups excluding carboxylic acids is 1. The van der Waals surface area contributed by atoms with Gasteiger partial charge in [-0.2, -0.15) is 5.26 Å². The third kappa shape index (κ3) is 3.56. The van der Waals surface area contributed by atoms with E-state index in [9.17, 15) is 10.1 Å². The number of aromatic nitrogens is 2. The highest BCUT2D eigenvalue weighted by Crippen LogP contribution is 2.40. The molecular weight excluding hydrogens is 418 g/mol. The molecule has 1 aliphatic heterocycles. The van der Waals surface area contributed by atoms with Crippen molar-refractivity contribution in [1.82, 2.24) is 9.55 Å². The van der Waals surface area contributed by atoms with E-state index in [-0.39, 0.29) is 17.1 Å². The lowest BCUT2D eigenvalue weighted by Crippen LogP contribution is -2.26. The van der Waals surface area contributed by atoms with Crippen molar-refractivity contribution < 1.29 is 4.79 Å². The number of rotatable bonds is 5. The number of ketones is 1. The fourth-order valence-electron chi connectivity index (χ4n) is 3.48. The van der Waals surface area contributed by atoms with Crippen LogP contribution in [0.4, 0.5) is 11.4 Å². The molecule has 0 amide bonds. The maximum absolute atomic E-state index is 13.0. The van der Waals surface area contributed by atoms with E-state index in [1.54, 1.807) is 12.3 Å². The van der Waals surface area contributed by atoms with Crippen LogP contribution in [-0.4, -0.2) is 35.2 Å². The highest BCUT2D eigenvalue weighted by Gasteiger charge is 2.31. The number of allylic oxidation sites excluding steroid dienone is 1. The Hall–Kier alpha value is -3.21. The topological polar surface area (TPSA) is 65.2 Å². The molecule has 0 saturated carbocycles. The maximum Gasteiger partial charge on any atom is 0.187 e. The molecule has 0 saturated heterocycles. The van der Waals surface area contributed by atoms with Gasteiger partial charge in [0, 0.05) is 37.2 Å². The average molecular weight is 436 g/mol. The van der Waals surface area contributed by atoms with Crippen LogP contribution in [0, 0.1) is 11.3 Å². The van der Waals surface area contributed by atoms with Crippen LogP contribution < -0.4 is 9.80 Å². The highest BCUT2D eigenvalue weighted by atomic mass is 35.5. The summed E-state index contributed by atoms with van der Waals surface area (Å²) < 4.78 is 1.87. The smallest absolute Gasteiger partial charge is 0.187 e. The lowest BCUT2D eigenvalue weighted by Gasteiger charge is -2.19. The number of benzene rings is 2. The summed E-state index contributed by atoms with van der Waals surface area (Å²) in [7, 11) is 3.72. The Morgan fingerprint density at radius 1 is 1.13 bits per heavy atom. The van der Waals surface area contributed by atoms with Crippen LogP contribution in [0.5, 0.6) is 0 Å². The van der Waals surface area contributed by atoms with Crippen LogP contribution in [0.3, 0.4) is 0 Å². The fraction of sp³-hybridized carbons (Fsp3) is 0.136. The zero-order valence-corrected chi connectivity index (χ0v) is 18.0. The first kappa shape index (κ1) is 20.1. The minimum atomic E-state index is -0.246. The lowest BCUT2D eigenvalue weighted by molar-refractivity contribution is -0.112. The standard InChI is InChI=1S/C22H18ClN5OS/c1-26-18-8-3-4-9-19(18)27(2)21(26)17(13-24)20(29)14-30-22-25-10-11-28(22)16-7-5-6-15(23)12-16/h3-12H,14H2,1-2H3. The number of nitrogens with zero attached hydrogens (tertiary/aromatic N) is 5. The number of thioether (sulfide) groups is 1. The number of imidazole rings is 1. The van der Waals surface area contributed by atoms with Gasteiger partial charge >= 0.3 is 0 Å². The number of Topliss-reactive ketones (excluding diaryl/α,β-unsaturated/α-hetero) is 1. The number of fused-ring (bicyclic) bond motifs is 1. The van der Waals surface area contributed by atoms with Crippen molar-refractivity contribution >= 4 is 40.5 Å². The second-order valence-electron chi connectivity index (χ2n) is 6.69. The molecule has 0 radical (unpaired) electrons. The van der Waals surface area contributed by atoms with Gasteiger partial charge in [0.1, 0.15) is 17.5 Å². The van der Waals surface area contributed by atoms with Gasteiger partial charge in [-0.1, -0.05) is 41.6 Å². The summed E-state index contributed by atoms with van der Waals surface area (Å²) in [4.78, 5) is 21.1. The molecule has 0 spiro atoms. The molecule has 0 bridgehead atoms. The van der Waals surface area contributed by atoms with Crippen LogP contribution in [0.25, 0.3) is 5.69 Å². The number of para-hydroxylation sites is 2. The molecule has 0 aliphatic carbocycles. The van der Waals surface area contributed by atoms with Crippen LogP contribution >= 0.6 is 23.4 Å². The van der Waals surface area contributed by atoms with Crippen LogP contribution in [0.2, 0.25) is 5.02 Å². The normalized spacial score (nSPS) is 12.7. The summed E-state index contributed by atoms with van der Waals surface area (Å²) in [6.45, 7) is 0. The molecule has 2 heterocycles. The first-order chi connectivity index (χ1) is 14.5. The Kier molecular flexibility index (Phi) is 5.53. The molecule has 1 aliphatic rings. The summed E-state index contributed by atoms with van der Waals surface area (Å²) in [5.41, 5.74) is 2.91. The van der Waals surface area contributed by atoms with E-state index in [1.807, 2.05) is 77.1 Å². The Bertz CT molecular complexity index is 1160. The van der Waals surface area contributed by atoms with Gasteiger partial charge in [-0.05, 0) is 30.3 Å². The van der Waals surface area contributed by atoms with E-state index in [0.717, 1.165) is 17.1 Å². The molecular formula is C22H18ClN5OS. The summed E-state index contributed by atoms with van der Waals surface area (Å²) in [6.07, 6.45) is 3.49. The predicted molar refractivity (Wildman–Crippen MR) is 120 cm³/mol. The summed E-state index contributed by atoms with van der Waals surface area (Å²) >= 11 is 7.38. The van der Waals surface area contributed by atoms with Crippen molar-refractivity contribution in [3.05, 3.63) is 77.3 Å². The highest BCUT2D eigenvalue weighted by molar-refractivity contribution is 7.99. The van der Waals surface area contributed by atoms with E-state index < -0.39 is 0 Å². The number of hydrogen-bond donors (Lipinski definition) is 0. The van der Waals surface area contributed by atoms with Gasteiger partial charge in [-0.3, -0.25) is 9.36 Å². The minimum Gasteiger partial charge on any atom is -0.328 e. The molecule has 4 rings (SSSR count).